The quantitative estimate of drug-likeness (QED) is 0.536. The minimum Gasteiger partial charge on any atom is -0.493 e. The third kappa shape index (κ3) is 3.56. The second-order valence-corrected chi connectivity index (χ2v) is 6.15. The van der Waals surface area contributed by atoms with Crippen molar-refractivity contribution < 1.29 is 19.0 Å². The van der Waals surface area contributed by atoms with Gasteiger partial charge in [0.25, 0.3) is 5.56 Å². The van der Waals surface area contributed by atoms with Crippen LogP contribution in [0, 0.1) is 4.77 Å². The molecule has 0 saturated heterocycles. The second-order valence-electron chi connectivity index (χ2n) is 5.76. The predicted molar refractivity (Wildman–Crippen MR) is 103 cm³/mol. The van der Waals surface area contributed by atoms with Crippen LogP contribution in [0.2, 0.25) is 0 Å². The van der Waals surface area contributed by atoms with Gasteiger partial charge in [0.1, 0.15) is 0 Å². The number of H-pyrrole nitrogens is 1. The van der Waals surface area contributed by atoms with Gasteiger partial charge in [-0.05, 0) is 48.1 Å². The van der Waals surface area contributed by atoms with E-state index in [4.69, 9.17) is 26.4 Å². The largest absolute Gasteiger partial charge is 0.493 e. The Morgan fingerprint density at radius 1 is 1.07 bits per heavy atom. The number of methoxy groups -OCH3 is 3. The van der Waals surface area contributed by atoms with Crippen molar-refractivity contribution in [3.05, 3.63) is 62.6 Å². The van der Waals surface area contributed by atoms with Gasteiger partial charge in [-0.1, -0.05) is 6.07 Å². The van der Waals surface area contributed by atoms with Crippen LogP contribution in [-0.2, 0) is 11.3 Å². The number of carbonyl (C=O) groups is 1. The van der Waals surface area contributed by atoms with Gasteiger partial charge >= 0.3 is 5.97 Å². The van der Waals surface area contributed by atoms with Crippen LogP contribution in [0.5, 0.6) is 11.5 Å². The number of esters is 1. The monoisotopic (exact) mass is 386 g/mol. The van der Waals surface area contributed by atoms with E-state index < -0.39 is 5.97 Å². The number of ether oxygens (including phenoxy) is 3. The molecule has 0 aliphatic heterocycles. The Labute approximate surface area is 160 Å². The Hall–Kier alpha value is -3.13. The van der Waals surface area contributed by atoms with Gasteiger partial charge in [-0.15, -0.1) is 0 Å². The average Bonchev–Trinajstić information content (AvgIpc) is 2.69. The fraction of sp³-hybridized carbons (Fsp3) is 0.211. The van der Waals surface area contributed by atoms with Crippen LogP contribution in [0.25, 0.3) is 10.9 Å². The molecule has 140 valence electrons. The van der Waals surface area contributed by atoms with Crippen LogP contribution >= 0.6 is 12.2 Å². The summed E-state index contributed by atoms with van der Waals surface area (Å²) in [6.07, 6.45) is 0. The molecule has 7 nitrogen and oxygen atoms in total. The number of fused-ring (bicyclic) bond motifs is 1. The zero-order valence-electron chi connectivity index (χ0n) is 15.1. The van der Waals surface area contributed by atoms with E-state index in [-0.39, 0.29) is 16.9 Å². The molecular weight excluding hydrogens is 368 g/mol. The average molecular weight is 386 g/mol. The molecule has 0 aliphatic rings. The Balaban J connectivity index is 2.06. The lowest BCUT2D eigenvalue weighted by molar-refractivity contribution is 0.0601. The van der Waals surface area contributed by atoms with Crippen LogP contribution < -0.4 is 15.0 Å². The van der Waals surface area contributed by atoms with Crippen molar-refractivity contribution >= 4 is 29.1 Å². The topological polar surface area (TPSA) is 82.6 Å². The van der Waals surface area contributed by atoms with Crippen LogP contribution in [0.15, 0.2) is 41.2 Å². The molecule has 2 aromatic carbocycles. The smallest absolute Gasteiger partial charge is 0.337 e. The Bertz CT molecular complexity index is 1130. The van der Waals surface area contributed by atoms with Crippen molar-refractivity contribution in [2.75, 3.05) is 21.3 Å². The molecule has 1 N–H and O–H groups in total. The summed E-state index contributed by atoms with van der Waals surface area (Å²) in [5, 5.41) is 0.428. The number of hydrogen-bond donors (Lipinski definition) is 1. The number of hydrogen-bond acceptors (Lipinski definition) is 6. The van der Waals surface area contributed by atoms with E-state index in [9.17, 15) is 9.59 Å². The van der Waals surface area contributed by atoms with Crippen molar-refractivity contribution in [1.82, 2.24) is 9.55 Å². The van der Waals surface area contributed by atoms with Crippen molar-refractivity contribution in [3.8, 4) is 11.5 Å². The van der Waals surface area contributed by atoms with Crippen LogP contribution in [0.3, 0.4) is 0 Å². The molecule has 0 spiro atoms. The molecule has 8 heteroatoms. The van der Waals surface area contributed by atoms with E-state index in [1.54, 1.807) is 44.6 Å². The molecule has 0 bridgehead atoms. The summed E-state index contributed by atoms with van der Waals surface area (Å²) in [5.74, 6) is 0.694. The lowest BCUT2D eigenvalue weighted by atomic mass is 10.1. The third-order valence-electron chi connectivity index (χ3n) is 4.19. The molecule has 0 radical (unpaired) electrons. The van der Waals surface area contributed by atoms with E-state index >= 15 is 0 Å². The Kier molecular flexibility index (Phi) is 5.27. The third-order valence-corrected chi connectivity index (χ3v) is 4.51. The zero-order chi connectivity index (χ0) is 19.6. The SMILES string of the molecule is COC(=O)c1ccc2c(=O)n(Cc3ccc(OC)c(OC)c3)c(=S)[nH]c2c1. The summed E-state index contributed by atoms with van der Waals surface area (Å²) in [6.45, 7) is 0.267. The summed E-state index contributed by atoms with van der Waals surface area (Å²) < 4.78 is 16.9. The van der Waals surface area contributed by atoms with Crippen LogP contribution in [0.1, 0.15) is 15.9 Å². The van der Waals surface area contributed by atoms with Gasteiger partial charge in [0.05, 0.1) is 44.3 Å². The minimum atomic E-state index is -0.481. The highest BCUT2D eigenvalue weighted by Gasteiger charge is 2.12. The molecule has 0 saturated carbocycles. The van der Waals surface area contributed by atoms with Crippen molar-refractivity contribution in [1.29, 1.82) is 0 Å². The molecule has 3 aromatic rings. The summed E-state index contributed by atoms with van der Waals surface area (Å²) >= 11 is 5.35. The molecule has 1 aromatic heterocycles. The highest BCUT2D eigenvalue weighted by atomic mass is 32.1. The maximum Gasteiger partial charge on any atom is 0.337 e. The molecular formula is C19H18N2O5S. The van der Waals surface area contributed by atoms with E-state index in [0.29, 0.717) is 28.0 Å². The van der Waals surface area contributed by atoms with Gasteiger partial charge in [0.15, 0.2) is 16.3 Å². The van der Waals surface area contributed by atoms with Gasteiger partial charge in [0, 0.05) is 0 Å². The first kappa shape index (κ1) is 18.7. The molecule has 0 fully saturated rings. The first-order valence-corrected chi connectivity index (χ1v) is 8.45. The summed E-state index contributed by atoms with van der Waals surface area (Å²) in [4.78, 5) is 27.6. The fourth-order valence-electron chi connectivity index (χ4n) is 2.80. The van der Waals surface area contributed by atoms with Crippen molar-refractivity contribution in [3.63, 3.8) is 0 Å². The zero-order valence-corrected chi connectivity index (χ0v) is 15.9. The number of aromatic amines is 1. The summed E-state index contributed by atoms with van der Waals surface area (Å²) in [6, 6.07) is 10.1. The predicted octanol–water partition coefficient (Wildman–Crippen LogP) is 2.91. The second kappa shape index (κ2) is 7.63. The van der Waals surface area contributed by atoms with Gasteiger partial charge in [-0.2, -0.15) is 0 Å². The standard InChI is InChI=1S/C19H18N2O5S/c1-24-15-7-4-11(8-16(15)25-2)10-21-17(22)13-6-5-12(18(23)26-3)9-14(13)20-19(21)27/h4-9H,10H2,1-3H3,(H,20,27). The highest BCUT2D eigenvalue weighted by molar-refractivity contribution is 7.71. The highest BCUT2D eigenvalue weighted by Crippen LogP contribution is 2.27. The van der Waals surface area contributed by atoms with E-state index in [1.165, 1.54) is 11.7 Å². The molecule has 0 aliphatic carbocycles. The molecule has 0 atom stereocenters. The Morgan fingerprint density at radius 3 is 2.48 bits per heavy atom. The molecule has 0 amide bonds. The van der Waals surface area contributed by atoms with Gasteiger partial charge < -0.3 is 19.2 Å². The number of carbonyl (C=O) groups excluding carboxylic acids is 1. The van der Waals surface area contributed by atoms with Crippen molar-refractivity contribution in [2.45, 2.75) is 6.54 Å². The van der Waals surface area contributed by atoms with Gasteiger partial charge in [-0.25, -0.2) is 4.79 Å². The fourth-order valence-corrected chi connectivity index (χ4v) is 3.06. The molecule has 3 rings (SSSR count). The number of aromatic nitrogens is 2. The van der Waals surface area contributed by atoms with E-state index in [0.717, 1.165) is 5.56 Å². The van der Waals surface area contributed by atoms with E-state index in [2.05, 4.69) is 4.98 Å². The molecule has 1 heterocycles. The summed E-state index contributed by atoms with van der Waals surface area (Å²) in [7, 11) is 4.41. The normalized spacial score (nSPS) is 10.6. The van der Waals surface area contributed by atoms with Gasteiger partial charge in [0.2, 0.25) is 0 Å². The maximum atomic E-state index is 12.9. The molecule has 27 heavy (non-hydrogen) atoms. The van der Waals surface area contributed by atoms with Crippen LogP contribution in [-0.4, -0.2) is 36.8 Å². The lowest BCUT2D eigenvalue weighted by Crippen LogP contribution is -2.23. The number of rotatable bonds is 5. The summed E-state index contributed by atoms with van der Waals surface area (Å²) in [5.41, 5.74) is 1.41. The number of benzene rings is 2. The first-order valence-electron chi connectivity index (χ1n) is 8.04. The van der Waals surface area contributed by atoms with E-state index in [1.807, 2.05) is 6.07 Å². The first-order chi connectivity index (χ1) is 13.0. The van der Waals surface area contributed by atoms with Crippen LogP contribution in [0.4, 0.5) is 0 Å². The lowest BCUT2D eigenvalue weighted by Gasteiger charge is -2.12. The number of nitrogens with zero attached hydrogens (tertiary/aromatic N) is 1. The number of nitrogens with one attached hydrogen (secondary N) is 1. The maximum absolute atomic E-state index is 12.9. The van der Waals surface area contributed by atoms with Gasteiger partial charge in [-0.3, -0.25) is 9.36 Å². The van der Waals surface area contributed by atoms with Crippen molar-refractivity contribution in [2.24, 2.45) is 0 Å². The Morgan fingerprint density at radius 2 is 1.81 bits per heavy atom. The molecule has 0 unspecified atom stereocenters. The minimum absolute atomic E-state index is 0.250.